The number of aryl methyl sites for hydroxylation is 2. The van der Waals surface area contributed by atoms with Crippen LogP contribution in [-0.4, -0.2) is 5.78 Å². The van der Waals surface area contributed by atoms with Crippen molar-refractivity contribution in [3.05, 3.63) is 23.2 Å². The lowest BCUT2D eigenvalue weighted by Gasteiger charge is -2.02. The van der Waals surface area contributed by atoms with Gasteiger partial charge in [0.25, 0.3) is 0 Å². The molecular formula is C18H30O2. The summed E-state index contributed by atoms with van der Waals surface area (Å²) in [6, 6.07) is 1.87. The molecule has 0 aromatic carbocycles. The smallest absolute Gasteiger partial charge is 0.166 e. The minimum absolute atomic E-state index is 0.238. The van der Waals surface area contributed by atoms with Gasteiger partial charge in [0, 0.05) is 6.42 Å². The highest BCUT2D eigenvalue weighted by Crippen LogP contribution is 2.17. The monoisotopic (exact) mass is 278 g/mol. The van der Waals surface area contributed by atoms with Gasteiger partial charge in [0.15, 0.2) is 5.78 Å². The largest absolute Gasteiger partial charge is 0.466 e. The van der Waals surface area contributed by atoms with Gasteiger partial charge in [0.1, 0.15) is 11.5 Å². The quantitative estimate of drug-likeness (QED) is 0.367. The number of carbonyl (C=O) groups is 1. The van der Waals surface area contributed by atoms with Gasteiger partial charge in [-0.3, -0.25) is 4.79 Å². The molecule has 0 radical (unpaired) electrons. The molecule has 1 rings (SSSR count). The van der Waals surface area contributed by atoms with Gasteiger partial charge in [-0.2, -0.15) is 0 Å². The summed E-state index contributed by atoms with van der Waals surface area (Å²) in [4.78, 5) is 12.0. The molecule has 1 heterocycles. The first-order valence-electron chi connectivity index (χ1n) is 8.25. The fourth-order valence-corrected chi connectivity index (χ4v) is 2.64. The number of furan rings is 1. The van der Waals surface area contributed by atoms with E-state index in [1.54, 1.807) is 0 Å². The molecule has 0 N–H and O–H groups in total. The first-order valence-corrected chi connectivity index (χ1v) is 8.25. The van der Waals surface area contributed by atoms with E-state index in [0.717, 1.165) is 23.5 Å². The van der Waals surface area contributed by atoms with E-state index in [9.17, 15) is 4.79 Å². The average molecular weight is 278 g/mol. The second-order valence-corrected chi connectivity index (χ2v) is 5.83. The molecule has 0 amide bonds. The molecule has 0 bridgehead atoms. The highest BCUT2D eigenvalue weighted by atomic mass is 16.3. The lowest BCUT2D eigenvalue weighted by Crippen LogP contribution is -1.99. The van der Waals surface area contributed by atoms with Crippen molar-refractivity contribution in [2.45, 2.75) is 85.0 Å². The van der Waals surface area contributed by atoms with Gasteiger partial charge in [-0.25, -0.2) is 0 Å². The van der Waals surface area contributed by atoms with Crippen LogP contribution < -0.4 is 0 Å². The van der Waals surface area contributed by atoms with Crippen molar-refractivity contribution in [3.63, 3.8) is 0 Å². The van der Waals surface area contributed by atoms with Gasteiger partial charge in [-0.1, -0.05) is 58.3 Å². The maximum Gasteiger partial charge on any atom is 0.166 e. The standard InChI is InChI=1S/C18H30O2/c1-4-5-6-7-8-9-10-11-12-13-18(19)17-14-15(2)20-16(17)3/h14H,4-13H2,1-3H3. The van der Waals surface area contributed by atoms with Gasteiger partial charge in [0.05, 0.1) is 5.56 Å². The number of unbranched alkanes of at least 4 members (excludes halogenated alkanes) is 8. The van der Waals surface area contributed by atoms with Crippen LogP contribution in [-0.2, 0) is 0 Å². The summed E-state index contributed by atoms with van der Waals surface area (Å²) in [5, 5.41) is 0. The van der Waals surface area contributed by atoms with E-state index >= 15 is 0 Å². The Balaban J connectivity index is 2.04. The number of hydrogen-bond acceptors (Lipinski definition) is 2. The molecule has 0 aliphatic carbocycles. The van der Waals surface area contributed by atoms with Crippen molar-refractivity contribution in [3.8, 4) is 0 Å². The van der Waals surface area contributed by atoms with E-state index in [4.69, 9.17) is 4.42 Å². The molecule has 1 aromatic heterocycles. The Labute approximate surface area is 123 Å². The summed E-state index contributed by atoms with van der Waals surface area (Å²) in [5.74, 6) is 1.84. The Morgan fingerprint density at radius 1 is 0.950 bits per heavy atom. The molecule has 0 unspecified atom stereocenters. The third kappa shape index (κ3) is 6.40. The normalized spacial score (nSPS) is 10.9. The molecule has 2 nitrogen and oxygen atoms in total. The van der Waals surface area contributed by atoms with Crippen molar-refractivity contribution in [2.75, 3.05) is 0 Å². The second kappa shape index (κ2) is 9.79. The van der Waals surface area contributed by atoms with Crippen molar-refractivity contribution >= 4 is 5.78 Å². The molecular weight excluding hydrogens is 248 g/mol. The lowest BCUT2D eigenvalue weighted by atomic mass is 10.0. The Kier molecular flexibility index (Phi) is 8.32. The van der Waals surface area contributed by atoms with Crippen LogP contribution in [0.3, 0.4) is 0 Å². The Morgan fingerprint density at radius 3 is 2.00 bits per heavy atom. The van der Waals surface area contributed by atoms with E-state index < -0.39 is 0 Å². The molecule has 20 heavy (non-hydrogen) atoms. The predicted molar refractivity (Wildman–Crippen MR) is 84.4 cm³/mol. The molecule has 0 aliphatic heterocycles. The Morgan fingerprint density at radius 2 is 1.50 bits per heavy atom. The average Bonchev–Trinajstić information content (AvgIpc) is 2.75. The van der Waals surface area contributed by atoms with Gasteiger partial charge >= 0.3 is 0 Å². The Hall–Kier alpha value is -1.05. The van der Waals surface area contributed by atoms with Crippen LogP contribution in [0, 0.1) is 13.8 Å². The fraction of sp³-hybridized carbons (Fsp3) is 0.722. The zero-order valence-electron chi connectivity index (χ0n) is 13.5. The maximum absolute atomic E-state index is 12.0. The van der Waals surface area contributed by atoms with Crippen molar-refractivity contribution in [1.29, 1.82) is 0 Å². The molecule has 0 saturated heterocycles. The predicted octanol–water partition coefficient (Wildman–Crippen LogP) is 6.00. The second-order valence-electron chi connectivity index (χ2n) is 5.83. The molecule has 0 spiro atoms. The summed E-state index contributed by atoms with van der Waals surface area (Å²) >= 11 is 0. The van der Waals surface area contributed by atoms with Gasteiger partial charge in [0.2, 0.25) is 0 Å². The Bertz CT molecular complexity index is 390. The van der Waals surface area contributed by atoms with E-state index in [1.165, 1.54) is 51.4 Å². The summed E-state index contributed by atoms with van der Waals surface area (Å²) in [7, 11) is 0. The SMILES string of the molecule is CCCCCCCCCCCC(=O)c1cc(C)oc1C. The molecule has 0 saturated carbocycles. The van der Waals surface area contributed by atoms with Crippen LogP contribution in [0.2, 0.25) is 0 Å². The van der Waals surface area contributed by atoms with Gasteiger partial charge in [-0.05, 0) is 26.3 Å². The number of Topliss-reactive ketones (excluding diaryl/α,β-unsaturated/α-hetero) is 1. The fourth-order valence-electron chi connectivity index (χ4n) is 2.64. The minimum atomic E-state index is 0.238. The summed E-state index contributed by atoms with van der Waals surface area (Å²) in [5.41, 5.74) is 0.780. The van der Waals surface area contributed by atoms with Crippen LogP contribution in [0.15, 0.2) is 10.5 Å². The zero-order chi connectivity index (χ0) is 14.8. The molecule has 114 valence electrons. The van der Waals surface area contributed by atoms with E-state index in [1.807, 2.05) is 19.9 Å². The molecule has 0 aliphatic rings. The maximum atomic E-state index is 12.0. The first kappa shape index (κ1) is 17.0. The van der Waals surface area contributed by atoms with Crippen LogP contribution in [0.4, 0.5) is 0 Å². The third-order valence-electron chi connectivity index (χ3n) is 3.85. The number of ketones is 1. The number of rotatable bonds is 11. The van der Waals surface area contributed by atoms with E-state index in [2.05, 4.69) is 6.92 Å². The lowest BCUT2D eigenvalue weighted by molar-refractivity contribution is 0.0977. The zero-order valence-corrected chi connectivity index (χ0v) is 13.5. The van der Waals surface area contributed by atoms with E-state index in [0.29, 0.717) is 6.42 Å². The molecule has 0 fully saturated rings. The van der Waals surface area contributed by atoms with Crippen LogP contribution in [0.5, 0.6) is 0 Å². The minimum Gasteiger partial charge on any atom is -0.466 e. The number of carbonyl (C=O) groups excluding carboxylic acids is 1. The van der Waals surface area contributed by atoms with Crippen molar-refractivity contribution < 1.29 is 9.21 Å². The molecule has 1 aromatic rings. The van der Waals surface area contributed by atoms with Crippen molar-refractivity contribution in [2.24, 2.45) is 0 Å². The topological polar surface area (TPSA) is 30.2 Å². The molecule has 2 heteroatoms. The molecule has 0 atom stereocenters. The highest BCUT2D eigenvalue weighted by Gasteiger charge is 2.12. The van der Waals surface area contributed by atoms with Gasteiger partial charge < -0.3 is 4.42 Å². The summed E-state index contributed by atoms with van der Waals surface area (Å²) in [6.45, 7) is 6.01. The van der Waals surface area contributed by atoms with Crippen LogP contribution >= 0.6 is 0 Å². The van der Waals surface area contributed by atoms with Crippen LogP contribution in [0.25, 0.3) is 0 Å². The van der Waals surface area contributed by atoms with Crippen molar-refractivity contribution in [1.82, 2.24) is 0 Å². The van der Waals surface area contributed by atoms with Gasteiger partial charge in [-0.15, -0.1) is 0 Å². The van der Waals surface area contributed by atoms with Crippen LogP contribution in [0.1, 0.15) is 93.0 Å². The van der Waals surface area contributed by atoms with E-state index in [-0.39, 0.29) is 5.78 Å². The summed E-state index contributed by atoms with van der Waals surface area (Å²) < 4.78 is 5.41. The number of hydrogen-bond donors (Lipinski definition) is 0. The first-order chi connectivity index (χ1) is 9.65. The third-order valence-corrected chi connectivity index (χ3v) is 3.85. The highest BCUT2D eigenvalue weighted by molar-refractivity contribution is 5.97. The summed E-state index contributed by atoms with van der Waals surface area (Å²) in [6.07, 6.45) is 12.2.